The Morgan fingerprint density at radius 2 is 1.80 bits per heavy atom. The molecule has 11 nitrogen and oxygen atoms in total. The van der Waals surface area contributed by atoms with E-state index in [4.69, 9.17) is 4.52 Å². The van der Waals surface area contributed by atoms with Gasteiger partial charge >= 0.3 is 0 Å². The van der Waals surface area contributed by atoms with E-state index in [9.17, 15) is 19.2 Å². The fourth-order valence-electron chi connectivity index (χ4n) is 6.39. The smallest absolute Gasteiger partial charge is 0.247 e. The fourth-order valence-corrected chi connectivity index (χ4v) is 6.39. The van der Waals surface area contributed by atoms with Crippen LogP contribution in [0.5, 0.6) is 0 Å². The number of nitrogens with zero attached hydrogens (tertiary/aromatic N) is 4. The van der Waals surface area contributed by atoms with E-state index in [0.29, 0.717) is 42.9 Å². The number of hydrogen-bond donors (Lipinski definition) is 2. The number of likely N-dealkylation sites (N-methyl/N-ethyl adjacent to an activating group) is 1. The molecule has 2 aromatic rings. The van der Waals surface area contributed by atoms with Crippen molar-refractivity contribution < 1.29 is 28.1 Å². The standard InChI is InChI=1S/C33H47FN6O5/c1-5-26-28(20-45-37-26)40(21-41)31(23-11-9-7-8-10-12-23)32(43)35-27-14-13-24(19-25(27)34)22(3)30(36-29(42)6-2)33(44)39-17-15-38(4)16-18-39/h13-14,19-23,30-31H,5-12,15-18H2,1-4H3,(H,35,43)(H,36,42)/t22-,30+,31-/m0/s1. The molecule has 0 unspecified atom stereocenters. The molecule has 4 amide bonds. The molecule has 1 aliphatic carbocycles. The molecule has 45 heavy (non-hydrogen) atoms. The average molecular weight is 627 g/mol. The highest BCUT2D eigenvalue weighted by Gasteiger charge is 2.37. The minimum Gasteiger partial charge on any atom is -0.362 e. The normalized spacial score (nSPS) is 18.4. The second kappa shape index (κ2) is 16.0. The van der Waals surface area contributed by atoms with Gasteiger partial charge in [-0.15, -0.1) is 0 Å². The Labute approximate surface area is 264 Å². The number of hydrogen-bond acceptors (Lipinski definition) is 7. The first kappa shape index (κ1) is 34.1. The van der Waals surface area contributed by atoms with Gasteiger partial charge in [0, 0.05) is 38.5 Å². The van der Waals surface area contributed by atoms with Crippen molar-refractivity contribution in [2.45, 2.75) is 90.1 Å². The zero-order valence-electron chi connectivity index (χ0n) is 26.9. The third kappa shape index (κ3) is 8.27. The number of amides is 4. The molecule has 0 spiro atoms. The average Bonchev–Trinajstić information content (AvgIpc) is 3.36. The SMILES string of the molecule is CCC(=O)N[C@@H](C(=O)N1CCN(C)CC1)[C@@H](C)c1ccc(NC(=O)[C@H](C2CCCCCC2)N(C=O)c2conc2CC)c(F)c1. The predicted octanol–water partition coefficient (Wildman–Crippen LogP) is 4.09. The van der Waals surface area contributed by atoms with Crippen LogP contribution in [0, 0.1) is 11.7 Å². The Balaban J connectivity index is 1.57. The third-order valence-corrected chi connectivity index (χ3v) is 9.26. The fraction of sp³-hybridized carbons (Fsp3) is 0.606. The minimum atomic E-state index is -0.877. The van der Waals surface area contributed by atoms with Crippen LogP contribution >= 0.6 is 0 Å². The molecule has 2 fully saturated rings. The first-order chi connectivity index (χ1) is 21.7. The first-order valence-electron chi connectivity index (χ1n) is 16.2. The van der Waals surface area contributed by atoms with Crippen LogP contribution in [0.15, 0.2) is 29.0 Å². The van der Waals surface area contributed by atoms with E-state index in [0.717, 1.165) is 51.6 Å². The van der Waals surface area contributed by atoms with Gasteiger partial charge in [0.25, 0.3) is 0 Å². The molecule has 3 atom stereocenters. The molecule has 12 heteroatoms. The summed E-state index contributed by atoms with van der Waals surface area (Å²) in [6, 6.07) is 2.70. The Bertz CT molecular complexity index is 1320. The molecule has 2 N–H and O–H groups in total. The van der Waals surface area contributed by atoms with Crippen LogP contribution in [-0.4, -0.2) is 84.4 Å². The molecule has 0 bridgehead atoms. The van der Waals surface area contributed by atoms with Crippen LogP contribution in [-0.2, 0) is 25.6 Å². The van der Waals surface area contributed by atoms with Gasteiger partial charge in [-0.25, -0.2) is 4.39 Å². The van der Waals surface area contributed by atoms with Crippen molar-refractivity contribution in [1.29, 1.82) is 0 Å². The van der Waals surface area contributed by atoms with Crippen LogP contribution in [0.3, 0.4) is 0 Å². The van der Waals surface area contributed by atoms with Gasteiger partial charge in [0.05, 0.1) is 5.69 Å². The maximum atomic E-state index is 15.7. The zero-order chi connectivity index (χ0) is 32.5. The van der Waals surface area contributed by atoms with E-state index in [1.165, 1.54) is 23.3 Å². The second-order valence-corrected chi connectivity index (χ2v) is 12.3. The number of halogens is 1. The summed E-state index contributed by atoms with van der Waals surface area (Å²) >= 11 is 0. The number of carbonyl (C=O) groups is 4. The molecule has 1 aliphatic heterocycles. The molecule has 2 heterocycles. The summed E-state index contributed by atoms with van der Waals surface area (Å²) in [5.41, 5.74) is 1.49. The monoisotopic (exact) mass is 626 g/mol. The Morgan fingerprint density at radius 1 is 1.11 bits per heavy atom. The number of anilines is 2. The summed E-state index contributed by atoms with van der Waals surface area (Å²) in [7, 11) is 2.00. The molecule has 1 aromatic heterocycles. The van der Waals surface area contributed by atoms with Crippen molar-refractivity contribution in [3.63, 3.8) is 0 Å². The van der Waals surface area contributed by atoms with Gasteiger partial charge in [-0.05, 0) is 49.9 Å². The van der Waals surface area contributed by atoms with Gasteiger partial charge in [0.15, 0.2) is 0 Å². The van der Waals surface area contributed by atoms with Gasteiger partial charge in [0.1, 0.15) is 35.5 Å². The number of benzene rings is 1. The molecule has 0 radical (unpaired) electrons. The summed E-state index contributed by atoms with van der Waals surface area (Å²) < 4.78 is 20.8. The highest BCUT2D eigenvalue weighted by Crippen LogP contribution is 2.33. The van der Waals surface area contributed by atoms with E-state index in [1.54, 1.807) is 24.8 Å². The van der Waals surface area contributed by atoms with Crippen LogP contribution < -0.4 is 15.5 Å². The summed E-state index contributed by atoms with van der Waals surface area (Å²) in [4.78, 5) is 57.6. The van der Waals surface area contributed by atoms with Crippen LogP contribution in [0.2, 0.25) is 0 Å². The van der Waals surface area contributed by atoms with Crippen molar-refractivity contribution in [1.82, 2.24) is 20.3 Å². The van der Waals surface area contributed by atoms with E-state index in [-0.39, 0.29) is 29.8 Å². The number of nitrogens with one attached hydrogen (secondary N) is 2. The van der Waals surface area contributed by atoms with Crippen molar-refractivity contribution in [2.24, 2.45) is 5.92 Å². The lowest BCUT2D eigenvalue weighted by molar-refractivity contribution is -0.138. The van der Waals surface area contributed by atoms with Crippen LogP contribution in [0.25, 0.3) is 0 Å². The number of carbonyl (C=O) groups excluding carboxylic acids is 4. The predicted molar refractivity (Wildman–Crippen MR) is 169 cm³/mol. The van der Waals surface area contributed by atoms with E-state index >= 15 is 4.39 Å². The number of aryl methyl sites for hydroxylation is 1. The topological polar surface area (TPSA) is 128 Å². The van der Waals surface area contributed by atoms with E-state index in [2.05, 4.69) is 20.7 Å². The molecule has 1 aromatic carbocycles. The van der Waals surface area contributed by atoms with Crippen molar-refractivity contribution >= 4 is 35.5 Å². The lowest BCUT2D eigenvalue weighted by Crippen LogP contribution is -2.55. The Kier molecular flexibility index (Phi) is 12.1. The molecular formula is C33H47FN6O5. The first-order valence-corrected chi connectivity index (χ1v) is 16.2. The maximum absolute atomic E-state index is 15.7. The largest absolute Gasteiger partial charge is 0.362 e. The molecule has 2 aliphatic rings. The van der Waals surface area contributed by atoms with Gasteiger partial charge < -0.3 is 25.0 Å². The second-order valence-electron chi connectivity index (χ2n) is 12.3. The van der Waals surface area contributed by atoms with E-state index < -0.39 is 29.7 Å². The van der Waals surface area contributed by atoms with Gasteiger partial charge in [-0.2, -0.15) is 0 Å². The van der Waals surface area contributed by atoms with Crippen LogP contribution in [0.4, 0.5) is 15.8 Å². The van der Waals surface area contributed by atoms with Crippen molar-refractivity contribution in [3.05, 3.63) is 41.5 Å². The number of rotatable bonds is 12. The quantitative estimate of drug-likeness (QED) is 0.268. The highest BCUT2D eigenvalue weighted by atomic mass is 19.1. The zero-order valence-corrected chi connectivity index (χ0v) is 26.9. The molecule has 1 saturated heterocycles. The highest BCUT2D eigenvalue weighted by molar-refractivity contribution is 6.00. The van der Waals surface area contributed by atoms with E-state index in [1.807, 2.05) is 14.0 Å². The number of aromatic nitrogens is 1. The molecular weight excluding hydrogens is 579 g/mol. The van der Waals surface area contributed by atoms with Gasteiger partial charge in [-0.1, -0.05) is 57.7 Å². The summed E-state index contributed by atoms with van der Waals surface area (Å²) in [6.07, 6.45) is 8.26. The van der Waals surface area contributed by atoms with Gasteiger partial charge in [-0.3, -0.25) is 24.1 Å². The minimum absolute atomic E-state index is 0.0269. The Hall–Kier alpha value is -3.80. The summed E-state index contributed by atoms with van der Waals surface area (Å²) in [5, 5.41) is 9.59. The lowest BCUT2D eigenvalue weighted by Gasteiger charge is -2.36. The summed E-state index contributed by atoms with van der Waals surface area (Å²) in [5.74, 6) is -2.27. The Morgan fingerprint density at radius 3 is 2.40 bits per heavy atom. The lowest BCUT2D eigenvalue weighted by atomic mass is 9.89. The maximum Gasteiger partial charge on any atom is 0.247 e. The third-order valence-electron chi connectivity index (χ3n) is 9.26. The van der Waals surface area contributed by atoms with Gasteiger partial charge in [0.2, 0.25) is 24.1 Å². The van der Waals surface area contributed by atoms with Crippen molar-refractivity contribution in [2.75, 3.05) is 43.4 Å². The van der Waals surface area contributed by atoms with Crippen LogP contribution in [0.1, 0.15) is 82.9 Å². The molecule has 1 saturated carbocycles. The summed E-state index contributed by atoms with van der Waals surface area (Å²) in [6.45, 7) is 7.96. The number of piperazine rings is 1. The molecule has 246 valence electrons. The van der Waals surface area contributed by atoms with Crippen molar-refractivity contribution in [3.8, 4) is 0 Å². The molecule has 4 rings (SSSR count).